The maximum atomic E-state index is 3.33. The zero-order valence-corrected chi connectivity index (χ0v) is 18.2. The van der Waals surface area contributed by atoms with E-state index < -0.39 is 0 Å². The van der Waals surface area contributed by atoms with Crippen LogP contribution in [0.15, 0.2) is 59.9 Å². The zero-order valence-electron chi connectivity index (χ0n) is 18.2. The molecule has 150 valence electrons. The van der Waals surface area contributed by atoms with Crippen LogP contribution in [-0.2, 0) is 13.5 Å². The third kappa shape index (κ3) is 2.51. The molecule has 6 rings (SSSR count). The number of nitrogens with zero attached hydrogens (tertiary/aromatic N) is 1. The van der Waals surface area contributed by atoms with Crippen LogP contribution in [0.5, 0.6) is 0 Å². The molecule has 31 heavy (non-hydrogen) atoms. The number of aryl methyl sites for hydroxylation is 1. The fourth-order valence-electron chi connectivity index (χ4n) is 5.57. The summed E-state index contributed by atoms with van der Waals surface area (Å²) in [4.78, 5) is 0. The molecular formula is C30H25N. The summed E-state index contributed by atoms with van der Waals surface area (Å²) >= 11 is 0. The van der Waals surface area contributed by atoms with E-state index in [1.54, 1.807) is 0 Å². The molecule has 1 heteroatoms. The number of rotatable bonds is 2. The first-order chi connectivity index (χ1) is 15.2. The number of hydrogen-bond acceptors (Lipinski definition) is 0. The van der Waals surface area contributed by atoms with Gasteiger partial charge in [-0.25, -0.2) is 0 Å². The molecule has 1 aromatic heterocycles. The van der Waals surface area contributed by atoms with Crippen molar-refractivity contribution in [1.29, 1.82) is 0 Å². The first-order valence-electron chi connectivity index (χ1n) is 11.1. The summed E-state index contributed by atoms with van der Waals surface area (Å²) in [7, 11) is 2.21. The quantitative estimate of drug-likeness (QED) is 0.304. The molecule has 0 spiro atoms. The van der Waals surface area contributed by atoms with E-state index in [0.29, 0.717) is 5.92 Å². The van der Waals surface area contributed by atoms with E-state index in [1.807, 2.05) is 0 Å². The Balaban J connectivity index is 1.82. The van der Waals surface area contributed by atoms with Crippen LogP contribution in [0.2, 0.25) is 0 Å². The van der Waals surface area contributed by atoms with Gasteiger partial charge in [-0.3, -0.25) is 0 Å². The van der Waals surface area contributed by atoms with Crippen molar-refractivity contribution < 1.29 is 0 Å². The van der Waals surface area contributed by atoms with Crippen LogP contribution >= 0.6 is 0 Å². The summed E-state index contributed by atoms with van der Waals surface area (Å²) in [6.45, 7) is 4.18. The summed E-state index contributed by atoms with van der Waals surface area (Å²) in [6.07, 6.45) is 25.5. The van der Waals surface area contributed by atoms with Crippen LogP contribution < -0.4 is 0 Å². The number of fused-ring (bicyclic) bond motifs is 9. The lowest BCUT2D eigenvalue weighted by Crippen LogP contribution is -2.13. The van der Waals surface area contributed by atoms with Crippen molar-refractivity contribution in [3.05, 3.63) is 93.4 Å². The Morgan fingerprint density at radius 2 is 1.74 bits per heavy atom. The Labute approximate surface area is 183 Å². The molecule has 1 atom stereocenters. The third-order valence-electron chi connectivity index (χ3n) is 6.92. The number of allylic oxidation sites excluding steroid dienone is 7. The average Bonchev–Trinajstić information content (AvgIpc) is 3.36. The van der Waals surface area contributed by atoms with Crippen LogP contribution in [0.4, 0.5) is 0 Å². The van der Waals surface area contributed by atoms with E-state index in [2.05, 4.69) is 110 Å². The SMILES string of the molecule is C/C=C\c1cc2c3c(c4c(c5c(n4C)C=C=C5)c2cc1/C=C\C)C[C@H]1C=CC=CC1=C3. The Kier molecular flexibility index (Phi) is 3.96. The molecule has 0 N–H and O–H groups in total. The molecule has 0 unspecified atom stereocenters. The molecule has 0 aliphatic heterocycles. The fraction of sp³-hybridized carbons (Fsp3) is 0.167. The normalized spacial score (nSPS) is 18.5. The minimum Gasteiger partial charge on any atom is -0.343 e. The summed E-state index contributed by atoms with van der Waals surface area (Å²) in [5, 5.41) is 4.06. The predicted molar refractivity (Wildman–Crippen MR) is 136 cm³/mol. The lowest BCUT2D eigenvalue weighted by atomic mass is 9.78. The molecule has 0 amide bonds. The first kappa shape index (κ1) is 18.2. The largest absolute Gasteiger partial charge is 0.343 e. The van der Waals surface area contributed by atoms with E-state index in [0.717, 1.165) is 6.42 Å². The molecule has 0 fully saturated rings. The minimum atomic E-state index is 0.464. The maximum Gasteiger partial charge on any atom is 0.0573 e. The van der Waals surface area contributed by atoms with Crippen molar-refractivity contribution in [3.63, 3.8) is 0 Å². The second-order valence-electron chi connectivity index (χ2n) is 8.65. The topological polar surface area (TPSA) is 4.93 Å². The number of benzene rings is 2. The number of hydrogen-bond donors (Lipinski definition) is 0. The molecule has 2 aromatic carbocycles. The second-order valence-corrected chi connectivity index (χ2v) is 8.65. The minimum absolute atomic E-state index is 0.464. The molecule has 0 radical (unpaired) electrons. The van der Waals surface area contributed by atoms with Crippen LogP contribution in [0.3, 0.4) is 0 Å². The Morgan fingerprint density at radius 3 is 2.52 bits per heavy atom. The average molecular weight is 400 g/mol. The molecular weight excluding hydrogens is 374 g/mol. The van der Waals surface area contributed by atoms with Gasteiger partial charge in [-0.1, -0.05) is 54.7 Å². The Hall–Kier alpha value is -3.54. The zero-order chi connectivity index (χ0) is 21.1. The molecule has 3 aromatic rings. The van der Waals surface area contributed by atoms with Crippen LogP contribution in [0.25, 0.3) is 52.1 Å². The lowest BCUT2D eigenvalue weighted by Gasteiger charge is -2.26. The molecule has 0 saturated heterocycles. The highest BCUT2D eigenvalue weighted by molar-refractivity contribution is 6.18. The van der Waals surface area contributed by atoms with Crippen molar-refractivity contribution in [1.82, 2.24) is 4.57 Å². The van der Waals surface area contributed by atoms with Gasteiger partial charge < -0.3 is 4.57 Å². The highest BCUT2D eigenvalue weighted by Gasteiger charge is 2.28. The first-order valence-corrected chi connectivity index (χ1v) is 11.1. The van der Waals surface area contributed by atoms with Gasteiger partial charge in [0.25, 0.3) is 0 Å². The summed E-state index contributed by atoms with van der Waals surface area (Å²) in [5.41, 5.74) is 14.1. The van der Waals surface area contributed by atoms with Crippen molar-refractivity contribution in [3.8, 4) is 0 Å². The second kappa shape index (κ2) is 6.74. The summed E-state index contributed by atoms with van der Waals surface area (Å²) in [5.74, 6) is 0.464. The number of aromatic nitrogens is 1. The Bertz CT molecular complexity index is 1500. The monoisotopic (exact) mass is 399 g/mol. The summed E-state index contributed by atoms with van der Waals surface area (Å²) in [6, 6.07) is 4.79. The van der Waals surface area contributed by atoms with Gasteiger partial charge in [0.1, 0.15) is 0 Å². The van der Waals surface area contributed by atoms with E-state index in [4.69, 9.17) is 0 Å². The molecule has 1 nitrogen and oxygen atoms in total. The van der Waals surface area contributed by atoms with E-state index >= 15 is 0 Å². The van der Waals surface area contributed by atoms with Crippen molar-refractivity contribution >= 4 is 52.1 Å². The van der Waals surface area contributed by atoms with Crippen molar-refractivity contribution in [2.45, 2.75) is 20.3 Å². The lowest BCUT2D eigenvalue weighted by molar-refractivity contribution is 0.759. The highest BCUT2D eigenvalue weighted by atomic mass is 15.0. The molecule has 1 heterocycles. The molecule has 3 aliphatic rings. The van der Waals surface area contributed by atoms with E-state index in [1.165, 1.54) is 60.8 Å². The smallest absolute Gasteiger partial charge is 0.0573 e. The Morgan fingerprint density at radius 1 is 0.968 bits per heavy atom. The van der Waals surface area contributed by atoms with Gasteiger partial charge in [-0.05, 0) is 77.1 Å². The maximum absolute atomic E-state index is 3.33. The van der Waals surface area contributed by atoms with Gasteiger partial charge in [0, 0.05) is 30.0 Å². The van der Waals surface area contributed by atoms with Crippen LogP contribution in [0.1, 0.15) is 47.4 Å². The van der Waals surface area contributed by atoms with Crippen molar-refractivity contribution in [2.75, 3.05) is 0 Å². The van der Waals surface area contributed by atoms with E-state index in [9.17, 15) is 0 Å². The van der Waals surface area contributed by atoms with Gasteiger partial charge in [0.05, 0.1) is 11.2 Å². The standard InChI is InChI=1S/C30H25N/c1-4-9-19-15-24-25-16-21-11-6-7-12-22(21)18-27(25)30-29(26(24)17-20(19)10-5-2)23-13-8-14-28(23)31(30)3/h4-7,9-17,22H,18H2,1-3H3/b9-4-,10-5-/t22-/m1/s1. The van der Waals surface area contributed by atoms with Gasteiger partial charge in [-0.15, -0.1) is 5.73 Å². The van der Waals surface area contributed by atoms with Crippen LogP contribution in [-0.4, -0.2) is 4.57 Å². The van der Waals surface area contributed by atoms with Gasteiger partial charge in [0.15, 0.2) is 0 Å². The van der Waals surface area contributed by atoms with Gasteiger partial charge in [-0.2, -0.15) is 0 Å². The van der Waals surface area contributed by atoms with E-state index in [-0.39, 0.29) is 0 Å². The summed E-state index contributed by atoms with van der Waals surface area (Å²) < 4.78 is 2.38. The molecule has 0 bridgehead atoms. The van der Waals surface area contributed by atoms with Crippen LogP contribution in [0, 0.1) is 5.92 Å². The van der Waals surface area contributed by atoms with Gasteiger partial charge >= 0.3 is 0 Å². The van der Waals surface area contributed by atoms with Gasteiger partial charge in [0.2, 0.25) is 0 Å². The molecule has 0 saturated carbocycles. The third-order valence-corrected chi connectivity index (χ3v) is 6.92. The fourth-order valence-corrected chi connectivity index (χ4v) is 5.57. The highest BCUT2D eigenvalue weighted by Crippen LogP contribution is 2.45. The van der Waals surface area contributed by atoms with Crippen molar-refractivity contribution in [2.24, 2.45) is 13.0 Å². The predicted octanol–water partition coefficient (Wildman–Crippen LogP) is 7.72. The molecule has 3 aliphatic carbocycles.